The molecule has 43 heavy (non-hydrogen) atoms. The SMILES string of the molecule is NC(=O)CC(NC(=O)C(N)Cc1c[nH]c2ccccc12)C(=O)NC(CCC(=O)O)C(=O)NC(CCCN=C(N)N)C(=O)O. The molecule has 0 spiro atoms. The van der Waals surface area contributed by atoms with Gasteiger partial charge in [-0.2, -0.15) is 0 Å². The summed E-state index contributed by atoms with van der Waals surface area (Å²) in [6.07, 6.45) is 0.242. The van der Waals surface area contributed by atoms with Crippen LogP contribution in [-0.2, 0) is 35.2 Å². The van der Waals surface area contributed by atoms with E-state index in [4.69, 9.17) is 28.0 Å². The maximum atomic E-state index is 13.1. The first-order valence-corrected chi connectivity index (χ1v) is 13.3. The average molecular weight is 604 g/mol. The standard InChI is InChI=1S/C26H37N9O8/c27-15(10-13-12-32-16-5-2-1-4-14(13)16)22(39)35-19(11-20(28)36)24(41)33-17(7-8-21(37)38)23(40)34-18(25(42)43)6-3-9-31-26(29)30/h1-2,4-5,12,15,17-19,32H,3,6-11,27H2,(H2,28,36)(H,33,41)(H,34,40)(H,35,39)(H,37,38)(H,42,43)(H4,29,30,31). The fourth-order valence-electron chi connectivity index (χ4n) is 4.16. The maximum Gasteiger partial charge on any atom is 0.326 e. The van der Waals surface area contributed by atoms with E-state index in [2.05, 4.69) is 25.9 Å². The van der Waals surface area contributed by atoms with Crippen molar-refractivity contribution in [1.82, 2.24) is 20.9 Å². The minimum Gasteiger partial charge on any atom is -0.481 e. The van der Waals surface area contributed by atoms with Gasteiger partial charge in [-0.25, -0.2) is 4.79 Å². The summed E-state index contributed by atoms with van der Waals surface area (Å²) in [5.74, 6) is -6.63. The highest BCUT2D eigenvalue weighted by molar-refractivity contribution is 5.96. The van der Waals surface area contributed by atoms with Crippen molar-refractivity contribution in [2.75, 3.05) is 6.54 Å². The van der Waals surface area contributed by atoms with E-state index in [-0.39, 0.29) is 31.8 Å². The van der Waals surface area contributed by atoms with Crippen LogP contribution in [0.4, 0.5) is 0 Å². The van der Waals surface area contributed by atoms with Crippen molar-refractivity contribution in [3.8, 4) is 0 Å². The molecule has 0 saturated heterocycles. The second-order valence-corrected chi connectivity index (χ2v) is 9.74. The number of aromatic amines is 1. The molecular formula is C26H37N9O8. The number of fused-ring (bicyclic) bond motifs is 1. The Morgan fingerprint density at radius 2 is 1.49 bits per heavy atom. The number of hydrogen-bond donors (Lipinski definition) is 10. The third-order valence-electron chi connectivity index (χ3n) is 6.33. The van der Waals surface area contributed by atoms with Gasteiger partial charge in [0.25, 0.3) is 0 Å². The number of rotatable bonds is 18. The molecule has 4 unspecified atom stereocenters. The monoisotopic (exact) mass is 603 g/mol. The van der Waals surface area contributed by atoms with Crippen LogP contribution in [0.2, 0.25) is 0 Å². The number of primary amides is 1. The molecule has 1 aromatic heterocycles. The van der Waals surface area contributed by atoms with E-state index in [0.717, 1.165) is 16.5 Å². The summed E-state index contributed by atoms with van der Waals surface area (Å²) in [6, 6.07) is 1.71. The molecule has 234 valence electrons. The first-order chi connectivity index (χ1) is 20.3. The molecule has 17 heteroatoms. The van der Waals surface area contributed by atoms with Crippen molar-refractivity contribution in [3.05, 3.63) is 36.0 Å². The predicted octanol–water partition coefficient (Wildman–Crippen LogP) is -2.63. The molecule has 14 N–H and O–H groups in total. The van der Waals surface area contributed by atoms with Gasteiger partial charge in [0.2, 0.25) is 23.6 Å². The number of carboxylic acid groups (broad SMARTS) is 2. The van der Waals surface area contributed by atoms with Gasteiger partial charge in [0.15, 0.2) is 5.96 Å². The Kier molecular flexibility index (Phi) is 12.9. The molecule has 4 amide bonds. The Morgan fingerprint density at radius 1 is 0.860 bits per heavy atom. The summed E-state index contributed by atoms with van der Waals surface area (Å²) < 4.78 is 0. The average Bonchev–Trinajstić information content (AvgIpc) is 3.33. The molecule has 0 fully saturated rings. The zero-order valence-corrected chi connectivity index (χ0v) is 23.2. The van der Waals surface area contributed by atoms with Gasteiger partial charge in [-0.05, 0) is 37.3 Å². The quantitative estimate of drug-likeness (QED) is 0.0477. The highest BCUT2D eigenvalue weighted by Gasteiger charge is 2.31. The van der Waals surface area contributed by atoms with Crippen molar-refractivity contribution < 1.29 is 39.0 Å². The number of benzene rings is 1. The van der Waals surface area contributed by atoms with Crippen LogP contribution in [0, 0.1) is 0 Å². The summed E-state index contributed by atoms with van der Waals surface area (Å²) in [7, 11) is 0. The van der Waals surface area contributed by atoms with E-state index in [1.165, 1.54) is 0 Å². The van der Waals surface area contributed by atoms with Crippen LogP contribution < -0.4 is 38.9 Å². The van der Waals surface area contributed by atoms with Gasteiger partial charge in [-0.15, -0.1) is 0 Å². The number of nitrogens with two attached hydrogens (primary N) is 4. The zero-order chi connectivity index (χ0) is 32.1. The van der Waals surface area contributed by atoms with Gasteiger partial charge < -0.3 is 54.1 Å². The number of para-hydroxylation sites is 1. The van der Waals surface area contributed by atoms with Gasteiger partial charge in [-0.1, -0.05) is 18.2 Å². The van der Waals surface area contributed by atoms with Crippen molar-refractivity contribution in [2.45, 2.75) is 62.7 Å². The van der Waals surface area contributed by atoms with E-state index in [9.17, 15) is 33.9 Å². The number of aliphatic imine (C=N–C) groups is 1. The molecule has 17 nitrogen and oxygen atoms in total. The third kappa shape index (κ3) is 11.3. The Labute approximate surface area is 245 Å². The number of carbonyl (C=O) groups is 6. The van der Waals surface area contributed by atoms with Crippen LogP contribution in [0.5, 0.6) is 0 Å². The number of aliphatic carboxylic acids is 2. The van der Waals surface area contributed by atoms with E-state index < -0.39 is 79.0 Å². The highest BCUT2D eigenvalue weighted by atomic mass is 16.4. The molecule has 1 aromatic carbocycles. The lowest BCUT2D eigenvalue weighted by Gasteiger charge is -2.24. The minimum absolute atomic E-state index is 0.0773. The summed E-state index contributed by atoms with van der Waals surface area (Å²) in [6.45, 7) is 0.0953. The molecule has 0 aliphatic carbocycles. The van der Waals surface area contributed by atoms with Crippen molar-refractivity contribution >= 4 is 52.4 Å². The highest BCUT2D eigenvalue weighted by Crippen LogP contribution is 2.18. The smallest absolute Gasteiger partial charge is 0.326 e. The molecule has 0 saturated carbocycles. The van der Waals surface area contributed by atoms with E-state index in [1.807, 2.05) is 24.3 Å². The molecule has 1 heterocycles. The Balaban J connectivity index is 2.13. The fourth-order valence-corrected chi connectivity index (χ4v) is 4.16. The lowest BCUT2D eigenvalue weighted by atomic mass is 10.0. The first kappa shape index (κ1) is 34.0. The van der Waals surface area contributed by atoms with Crippen LogP contribution >= 0.6 is 0 Å². The fraction of sp³-hybridized carbons (Fsp3) is 0.423. The number of hydrogen-bond acceptors (Lipinski definition) is 8. The van der Waals surface area contributed by atoms with Crippen molar-refractivity contribution in [1.29, 1.82) is 0 Å². The molecule has 2 aromatic rings. The van der Waals surface area contributed by atoms with Crippen molar-refractivity contribution in [2.24, 2.45) is 27.9 Å². The number of guanidine groups is 1. The number of amides is 4. The lowest BCUT2D eigenvalue weighted by Crippen LogP contribution is -2.58. The van der Waals surface area contributed by atoms with Crippen LogP contribution in [-0.4, -0.2) is 87.4 Å². The second-order valence-electron chi connectivity index (χ2n) is 9.74. The van der Waals surface area contributed by atoms with Crippen LogP contribution in [0.25, 0.3) is 10.9 Å². The lowest BCUT2D eigenvalue weighted by molar-refractivity contribution is -0.143. The van der Waals surface area contributed by atoms with Gasteiger partial charge in [-0.3, -0.25) is 29.0 Å². The Bertz CT molecular complexity index is 1360. The first-order valence-electron chi connectivity index (χ1n) is 13.3. The van der Waals surface area contributed by atoms with Crippen LogP contribution in [0.15, 0.2) is 35.5 Å². The van der Waals surface area contributed by atoms with E-state index in [0.29, 0.717) is 0 Å². The number of carboxylic acids is 2. The zero-order valence-electron chi connectivity index (χ0n) is 23.2. The summed E-state index contributed by atoms with van der Waals surface area (Å²) in [5.41, 5.74) is 23.4. The number of aromatic nitrogens is 1. The molecule has 0 bridgehead atoms. The second kappa shape index (κ2) is 16.3. The van der Waals surface area contributed by atoms with Gasteiger partial charge in [0.05, 0.1) is 12.5 Å². The van der Waals surface area contributed by atoms with E-state index in [1.54, 1.807) is 6.20 Å². The molecule has 0 aliphatic heterocycles. The maximum absolute atomic E-state index is 13.1. The third-order valence-corrected chi connectivity index (χ3v) is 6.33. The molecule has 0 aliphatic rings. The van der Waals surface area contributed by atoms with Gasteiger partial charge >= 0.3 is 11.9 Å². The van der Waals surface area contributed by atoms with Crippen molar-refractivity contribution in [3.63, 3.8) is 0 Å². The number of nitrogens with zero attached hydrogens (tertiary/aromatic N) is 1. The molecule has 0 radical (unpaired) electrons. The minimum atomic E-state index is -1.56. The van der Waals surface area contributed by atoms with Gasteiger partial charge in [0.1, 0.15) is 18.1 Å². The molecule has 2 rings (SSSR count). The Morgan fingerprint density at radius 3 is 2.12 bits per heavy atom. The largest absolute Gasteiger partial charge is 0.481 e. The van der Waals surface area contributed by atoms with Crippen LogP contribution in [0.1, 0.15) is 37.7 Å². The van der Waals surface area contributed by atoms with Crippen LogP contribution in [0.3, 0.4) is 0 Å². The Hall–Kier alpha value is -5.19. The summed E-state index contributed by atoms with van der Waals surface area (Å²) in [4.78, 5) is 80.3. The topological polar surface area (TPSA) is 311 Å². The normalized spacial score (nSPS) is 13.6. The van der Waals surface area contributed by atoms with E-state index >= 15 is 0 Å². The summed E-state index contributed by atoms with van der Waals surface area (Å²) >= 11 is 0. The number of H-pyrrole nitrogens is 1. The number of carbonyl (C=O) groups excluding carboxylic acids is 4. The molecular weight excluding hydrogens is 566 g/mol. The number of nitrogens with one attached hydrogen (secondary N) is 4. The predicted molar refractivity (Wildman–Crippen MR) is 154 cm³/mol. The molecule has 4 atom stereocenters. The van der Waals surface area contributed by atoms with Gasteiger partial charge in [0, 0.05) is 30.1 Å². The summed E-state index contributed by atoms with van der Waals surface area (Å²) in [5, 5.41) is 26.4.